The van der Waals surface area contributed by atoms with E-state index in [2.05, 4.69) is 4.72 Å². The molecule has 0 spiro atoms. The Morgan fingerprint density at radius 3 is 2.75 bits per heavy atom. The fourth-order valence-electron chi connectivity index (χ4n) is 1.56. The monoisotopic (exact) mass is 241 g/mol. The van der Waals surface area contributed by atoms with Crippen molar-refractivity contribution >= 4 is 10.0 Å². The Morgan fingerprint density at radius 1 is 1.50 bits per heavy atom. The van der Waals surface area contributed by atoms with Crippen LogP contribution in [0.3, 0.4) is 0 Å². The molecule has 0 aliphatic heterocycles. The Labute approximate surface area is 95.4 Å². The van der Waals surface area contributed by atoms with Crippen molar-refractivity contribution in [2.24, 2.45) is 5.92 Å². The second-order valence-corrected chi connectivity index (χ2v) is 5.96. The Hall–Kier alpha value is -0.910. The third-order valence-electron chi connectivity index (χ3n) is 2.81. The third kappa shape index (κ3) is 2.42. The van der Waals surface area contributed by atoms with E-state index < -0.39 is 10.0 Å². The highest BCUT2D eigenvalue weighted by Gasteiger charge is 2.36. The fraction of sp³-hybridized carbons (Fsp3) is 0.455. The molecule has 2 N–H and O–H groups in total. The maximum absolute atomic E-state index is 11.9. The van der Waals surface area contributed by atoms with Crippen LogP contribution in [0.25, 0.3) is 0 Å². The number of aliphatic hydroxyl groups is 1. The summed E-state index contributed by atoms with van der Waals surface area (Å²) in [5.74, 6) is 0.427. The molecule has 2 rings (SSSR count). The molecule has 4 nitrogen and oxygen atoms in total. The number of rotatable bonds is 4. The minimum atomic E-state index is -3.42. The van der Waals surface area contributed by atoms with Crippen LogP contribution in [0.4, 0.5) is 0 Å². The standard InChI is InChI=1S/C11H15NO3S/c1-8-5-11(8)12-16(14,15)10-4-2-3-9(6-10)7-13/h2-4,6,8,11-13H,5,7H2,1H3. The minimum Gasteiger partial charge on any atom is -0.392 e. The summed E-state index contributed by atoms with van der Waals surface area (Å²) >= 11 is 0. The fourth-order valence-corrected chi connectivity index (χ4v) is 2.99. The molecule has 0 radical (unpaired) electrons. The molecule has 5 heteroatoms. The molecule has 1 aromatic carbocycles. The molecule has 1 aliphatic carbocycles. The van der Waals surface area contributed by atoms with Crippen LogP contribution in [-0.4, -0.2) is 19.6 Å². The van der Waals surface area contributed by atoms with Gasteiger partial charge in [-0.25, -0.2) is 13.1 Å². The van der Waals surface area contributed by atoms with Gasteiger partial charge in [0.1, 0.15) is 0 Å². The second-order valence-electron chi connectivity index (χ2n) is 4.25. The maximum Gasteiger partial charge on any atom is 0.240 e. The lowest BCUT2D eigenvalue weighted by molar-refractivity contribution is 0.281. The Bertz CT molecular complexity index is 484. The van der Waals surface area contributed by atoms with E-state index in [-0.39, 0.29) is 17.5 Å². The predicted octanol–water partition coefficient (Wildman–Crippen LogP) is 0.866. The van der Waals surface area contributed by atoms with Crippen molar-refractivity contribution in [2.75, 3.05) is 0 Å². The van der Waals surface area contributed by atoms with Gasteiger partial charge < -0.3 is 5.11 Å². The largest absolute Gasteiger partial charge is 0.392 e. The molecule has 1 fully saturated rings. The summed E-state index contributed by atoms with van der Waals surface area (Å²) in [5, 5.41) is 8.95. The van der Waals surface area contributed by atoms with Gasteiger partial charge >= 0.3 is 0 Å². The van der Waals surface area contributed by atoms with E-state index in [0.717, 1.165) is 6.42 Å². The first-order valence-corrected chi connectivity index (χ1v) is 6.73. The van der Waals surface area contributed by atoms with Crippen LogP contribution in [0, 0.1) is 5.92 Å². The van der Waals surface area contributed by atoms with E-state index in [1.165, 1.54) is 12.1 Å². The first kappa shape index (κ1) is 11.6. The van der Waals surface area contributed by atoms with E-state index in [9.17, 15) is 8.42 Å². The third-order valence-corrected chi connectivity index (χ3v) is 4.29. The van der Waals surface area contributed by atoms with Crippen LogP contribution >= 0.6 is 0 Å². The smallest absolute Gasteiger partial charge is 0.240 e. The summed E-state index contributed by atoms with van der Waals surface area (Å²) in [5.41, 5.74) is 0.603. The van der Waals surface area contributed by atoms with Gasteiger partial charge in [-0.1, -0.05) is 19.1 Å². The van der Waals surface area contributed by atoms with Gasteiger partial charge in [-0.2, -0.15) is 0 Å². The molecule has 0 amide bonds. The second kappa shape index (κ2) is 4.16. The van der Waals surface area contributed by atoms with E-state index >= 15 is 0 Å². The molecule has 0 heterocycles. The molecule has 16 heavy (non-hydrogen) atoms. The normalized spacial score (nSPS) is 24.4. The van der Waals surface area contributed by atoms with Gasteiger partial charge in [-0.15, -0.1) is 0 Å². The Kier molecular flexibility index (Phi) is 3.01. The average Bonchev–Trinajstić information content (AvgIpc) is 2.93. The molecular formula is C11H15NO3S. The van der Waals surface area contributed by atoms with Gasteiger partial charge in [-0.3, -0.25) is 0 Å². The SMILES string of the molecule is CC1CC1NS(=O)(=O)c1cccc(CO)c1. The van der Waals surface area contributed by atoms with Crippen LogP contribution in [0.1, 0.15) is 18.9 Å². The molecule has 1 aromatic rings. The van der Waals surface area contributed by atoms with Crippen LogP contribution in [0.5, 0.6) is 0 Å². The number of aliphatic hydroxyl groups excluding tert-OH is 1. The van der Waals surface area contributed by atoms with Crippen molar-refractivity contribution in [1.82, 2.24) is 4.72 Å². The van der Waals surface area contributed by atoms with Gasteiger partial charge in [0.25, 0.3) is 0 Å². The maximum atomic E-state index is 11.9. The lowest BCUT2D eigenvalue weighted by atomic mass is 10.2. The van der Waals surface area contributed by atoms with Gasteiger partial charge in [-0.05, 0) is 30.0 Å². The van der Waals surface area contributed by atoms with Crippen molar-refractivity contribution in [3.63, 3.8) is 0 Å². The summed E-state index contributed by atoms with van der Waals surface area (Å²) in [6.45, 7) is 1.86. The van der Waals surface area contributed by atoms with Crippen LogP contribution in [-0.2, 0) is 16.6 Å². The van der Waals surface area contributed by atoms with Crippen molar-refractivity contribution in [3.8, 4) is 0 Å². The predicted molar refractivity (Wildman–Crippen MR) is 60.3 cm³/mol. The van der Waals surface area contributed by atoms with E-state index in [1.54, 1.807) is 12.1 Å². The summed E-state index contributed by atoms with van der Waals surface area (Å²) in [6, 6.07) is 6.43. The molecule has 0 saturated heterocycles. The van der Waals surface area contributed by atoms with Gasteiger partial charge in [0.05, 0.1) is 11.5 Å². The number of sulfonamides is 1. The molecular weight excluding hydrogens is 226 g/mol. The van der Waals surface area contributed by atoms with E-state index in [0.29, 0.717) is 11.5 Å². The van der Waals surface area contributed by atoms with Crippen LogP contribution in [0.15, 0.2) is 29.2 Å². The van der Waals surface area contributed by atoms with E-state index in [1.807, 2.05) is 6.92 Å². The first-order valence-electron chi connectivity index (χ1n) is 5.25. The topological polar surface area (TPSA) is 66.4 Å². The molecule has 2 unspecified atom stereocenters. The molecule has 88 valence electrons. The van der Waals surface area contributed by atoms with Gasteiger partial charge in [0, 0.05) is 6.04 Å². The van der Waals surface area contributed by atoms with Gasteiger partial charge in [0.2, 0.25) is 10.0 Å². The zero-order valence-electron chi connectivity index (χ0n) is 9.05. The highest BCUT2D eigenvalue weighted by Crippen LogP contribution is 2.30. The number of hydrogen-bond donors (Lipinski definition) is 2. The minimum absolute atomic E-state index is 0.0720. The van der Waals surface area contributed by atoms with Crippen molar-refractivity contribution in [2.45, 2.75) is 30.9 Å². The summed E-state index contributed by atoms with van der Waals surface area (Å²) in [7, 11) is -3.42. The summed E-state index contributed by atoms with van der Waals surface area (Å²) in [6.07, 6.45) is 0.902. The number of benzene rings is 1. The number of nitrogens with one attached hydrogen (secondary N) is 1. The lowest BCUT2D eigenvalue weighted by Gasteiger charge is -2.06. The average molecular weight is 241 g/mol. The zero-order valence-corrected chi connectivity index (χ0v) is 9.87. The van der Waals surface area contributed by atoms with Gasteiger partial charge in [0.15, 0.2) is 0 Å². The quantitative estimate of drug-likeness (QED) is 0.822. The van der Waals surface area contributed by atoms with Crippen LogP contribution < -0.4 is 4.72 Å². The summed E-state index contributed by atoms with van der Waals surface area (Å²) in [4.78, 5) is 0.221. The zero-order chi connectivity index (χ0) is 11.8. The van der Waals surface area contributed by atoms with Crippen molar-refractivity contribution < 1.29 is 13.5 Å². The molecule has 0 bridgehead atoms. The Balaban J connectivity index is 2.21. The van der Waals surface area contributed by atoms with Crippen LogP contribution in [0.2, 0.25) is 0 Å². The van der Waals surface area contributed by atoms with Crippen molar-refractivity contribution in [3.05, 3.63) is 29.8 Å². The first-order chi connectivity index (χ1) is 7.53. The highest BCUT2D eigenvalue weighted by atomic mass is 32.2. The molecule has 2 atom stereocenters. The highest BCUT2D eigenvalue weighted by molar-refractivity contribution is 7.89. The number of hydrogen-bond acceptors (Lipinski definition) is 3. The molecule has 1 saturated carbocycles. The lowest BCUT2D eigenvalue weighted by Crippen LogP contribution is -2.26. The molecule has 1 aliphatic rings. The molecule has 0 aromatic heterocycles. The van der Waals surface area contributed by atoms with E-state index in [4.69, 9.17) is 5.11 Å². The summed E-state index contributed by atoms with van der Waals surface area (Å²) < 4.78 is 26.4. The Morgan fingerprint density at radius 2 is 2.19 bits per heavy atom. The van der Waals surface area contributed by atoms with Crippen molar-refractivity contribution in [1.29, 1.82) is 0 Å².